The first-order valence-electron chi connectivity index (χ1n) is 6.02. The summed E-state index contributed by atoms with van der Waals surface area (Å²) in [6.45, 7) is 0.613. The molecule has 0 atom stereocenters. The molecule has 0 saturated heterocycles. The molecule has 0 aliphatic carbocycles. The maximum atomic E-state index is 11.9. The largest absolute Gasteiger partial charge is 0.329 e. The highest BCUT2D eigenvalue weighted by Gasteiger charge is 2.15. The fourth-order valence-electron chi connectivity index (χ4n) is 2.21. The van der Waals surface area contributed by atoms with Crippen LogP contribution in [0.5, 0.6) is 0 Å². The quantitative estimate of drug-likeness (QED) is 0.674. The summed E-state index contributed by atoms with van der Waals surface area (Å²) < 4.78 is 27.2. The summed E-state index contributed by atoms with van der Waals surface area (Å²) in [4.78, 5) is 4.44. The minimum Gasteiger partial charge on any atom is -0.329 e. The molecule has 0 unspecified atom stereocenters. The molecule has 1 aromatic carbocycles. The monoisotopic (exact) mass is 402 g/mol. The third-order valence-corrected chi connectivity index (χ3v) is 6.18. The first-order valence-corrected chi connectivity index (χ1v) is 9.93. The minimum absolute atomic E-state index is 0.275. The van der Waals surface area contributed by atoms with E-state index in [4.69, 9.17) is 12.2 Å². The van der Waals surface area contributed by atoms with E-state index in [9.17, 15) is 8.42 Å². The van der Waals surface area contributed by atoms with Gasteiger partial charge in [0.2, 0.25) is 0 Å². The third kappa shape index (κ3) is 2.85. The smallest absolute Gasteiger partial charge is 0.178 e. The van der Waals surface area contributed by atoms with Crippen molar-refractivity contribution < 1.29 is 8.42 Å². The average Bonchev–Trinajstić information content (AvgIpc) is 2.93. The topological polar surface area (TPSA) is 54.9 Å². The average molecular weight is 403 g/mol. The van der Waals surface area contributed by atoms with Crippen molar-refractivity contribution in [3.8, 4) is 0 Å². The van der Waals surface area contributed by atoms with Gasteiger partial charge in [0.15, 0.2) is 14.6 Å². The van der Waals surface area contributed by atoms with Gasteiger partial charge < -0.3 is 9.55 Å². The zero-order valence-electron chi connectivity index (χ0n) is 11.0. The molecule has 1 N–H and O–H groups in total. The summed E-state index contributed by atoms with van der Waals surface area (Å²) in [7, 11) is -3.30. The number of aromatic amines is 1. The Morgan fingerprint density at radius 1 is 1.33 bits per heavy atom. The number of halogens is 1. The van der Waals surface area contributed by atoms with Crippen molar-refractivity contribution in [1.82, 2.24) is 9.55 Å². The van der Waals surface area contributed by atoms with Gasteiger partial charge in [-0.2, -0.15) is 0 Å². The first kappa shape index (κ1) is 15.0. The lowest BCUT2D eigenvalue weighted by Crippen LogP contribution is -2.00. The van der Waals surface area contributed by atoms with Crippen molar-refractivity contribution in [2.75, 3.05) is 6.26 Å². The summed E-state index contributed by atoms with van der Waals surface area (Å²) in [5.41, 5.74) is 1.37. The summed E-state index contributed by atoms with van der Waals surface area (Å²) in [6.07, 6.45) is 1.20. The van der Waals surface area contributed by atoms with Gasteiger partial charge in [-0.3, -0.25) is 0 Å². The number of hydrogen-bond acceptors (Lipinski definition) is 4. The van der Waals surface area contributed by atoms with Crippen molar-refractivity contribution in [3.05, 3.63) is 43.8 Å². The molecular weight excluding hydrogens is 392 g/mol. The molecule has 2 aromatic heterocycles. The number of nitrogens with one attached hydrogen (secondary N) is 1. The van der Waals surface area contributed by atoms with E-state index in [2.05, 4.69) is 20.9 Å². The summed E-state index contributed by atoms with van der Waals surface area (Å²) in [5.74, 6) is 0. The number of imidazole rings is 1. The molecule has 3 rings (SSSR count). The van der Waals surface area contributed by atoms with E-state index in [0.717, 1.165) is 14.2 Å². The molecule has 0 amide bonds. The first-order chi connectivity index (χ1) is 9.86. The number of aromatic nitrogens is 2. The summed E-state index contributed by atoms with van der Waals surface area (Å²) in [5, 5.41) is 0. The zero-order chi connectivity index (χ0) is 15.2. The van der Waals surface area contributed by atoms with Crippen molar-refractivity contribution in [2.24, 2.45) is 0 Å². The van der Waals surface area contributed by atoms with Crippen LogP contribution in [0.25, 0.3) is 11.0 Å². The van der Waals surface area contributed by atoms with E-state index in [1.54, 1.807) is 23.5 Å². The number of para-hydroxylation sites is 1. The van der Waals surface area contributed by atoms with Gasteiger partial charge in [0.25, 0.3) is 0 Å². The molecule has 0 spiro atoms. The van der Waals surface area contributed by atoms with Crippen molar-refractivity contribution >= 4 is 60.4 Å². The van der Waals surface area contributed by atoms with Gasteiger partial charge in [-0.1, -0.05) is 6.07 Å². The van der Waals surface area contributed by atoms with Crippen LogP contribution in [-0.4, -0.2) is 24.2 Å². The second-order valence-corrected chi connectivity index (χ2v) is 9.56. The van der Waals surface area contributed by atoms with Gasteiger partial charge in [-0.25, -0.2) is 8.42 Å². The zero-order valence-corrected chi connectivity index (χ0v) is 15.0. The van der Waals surface area contributed by atoms with Gasteiger partial charge in [-0.15, -0.1) is 11.3 Å². The molecule has 2 heterocycles. The van der Waals surface area contributed by atoms with E-state index < -0.39 is 9.84 Å². The highest BCUT2D eigenvalue weighted by Crippen LogP contribution is 2.26. The van der Waals surface area contributed by atoms with Gasteiger partial charge in [0.05, 0.1) is 26.3 Å². The number of rotatable bonds is 3. The minimum atomic E-state index is -3.30. The Morgan fingerprint density at radius 2 is 2.10 bits per heavy atom. The molecule has 8 heteroatoms. The van der Waals surface area contributed by atoms with E-state index in [1.165, 1.54) is 6.26 Å². The molecule has 0 aliphatic heterocycles. The van der Waals surface area contributed by atoms with E-state index in [0.29, 0.717) is 16.8 Å². The molecule has 21 heavy (non-hydrogen) atoms. The number of sulfone groups is 1. The molecule has 3 aromatic rings. The van der Waals surface area contributed by atoms with Gasteiger partial charge in [0, 0.05) is 11.1 Å². The number of nitrogens with zero attached hydrogens (tertiary/aromatic N) is 1. The SMILES string of the molecule is CS(=O)(=O)c1cccc2c1[nH]c(=S)n2Cc1ccc(Br)s1. The lowest BCUT2D eigenvalue weighted by Gasteiger charge is -2.04. The lowest BCUT2D eigenvalue weighted by molar-refractivity contribution is 0.602. The Morgan fingerprint density at radius 3 is 2.71 bits per heavy atom. The van der Waals surface area contributed by atoms with E-state index in [1.807, 2.05) is 22.8 Å². The van der Waals surface area contributed by atoms with Crippen LogP contribution in [0.15, 0.2) is 39.0 Å². The number of H-pyrrole nitrogens is 1. The predicted octanol–water partition coefficient (Wildman–Crippen LogP) is 3.97. The second-order valence-electron chi connectivity index (χ2n) is 4.64. The van der Waals surface area contributed by atoms with Crippen LogP contribution in [0.1, 0.15) is 4.88 Å². The molecule has 110 valence electrons. The summed E-state index contributed by atoms with van der Waals surface area (Å²) in [6, 6.07) is 9.21. The molecule has 0 saturated carbocycles. The Balaban J connectivity index is 2.21. The predicted molar refractivity (Wildman–Crippen MR) is 91.4 cm³/mol. The molecule has 0 aliphatic rings. The van der Waals surface area contributed by atoms with Gasteiger partial charge in [-0.05, 0) is 52.4 Å². The fraction of sp³-hybridized carbons (Fsp3) is 0.154. The molecule has 4 nitrogen and oxygen atoms in total. The number of benzene rings is 1. The summed E-state index contributed by atoms with van der Waals surface area (Å²) >= 11 is 10.4. The maximum absolute atomic E-state index is 11.9. The van der Waals surface area contributed by atoms with E-state index >= 15 is 0 Å². The maximum Gasteiger partial charge on any atom is 0.178 e. The van der Waals surface area contributed by atoms with Gasteiger partial charge in [0.1, 0.15) is 0 Å². The van der Waals surface area contributed by atoms with Crippen LogP contribution in [0.4, 0.5) is 0 Å². The highest BCUT2D eigenvalue weighted by molar-refractivity contribution is 9.11. The van der Waals surface area contributed by atoms with Crippen molar-refractivity contribution in [2.45, 2.75) is 11.4 Å². The van der Waals surface area contributed by atoms with Crippen molar-refractivity contribution in [3.63, 3.8) is 0 Å². The second kappa shape index (κ2) is 5.35. The Bertz CT molecular complexity index is 982. The molecule has 0 fully saturated rings. The number of thiophene rings is 1. The number of fused-ring (bicyclic) bond motifs is 1. The normalized spacial score (nSPS) is 12.1. The van der Waals surface area contributed by atoms with Crippen LogP contribution in [0.3, 0.4) is 0 Å². The van der Waals surface area contributed by atoms with Crippen LogP contribution in [0, 0.1) is 4.77 Å². The number of hydrogen-bond donors (Lipinski definition) is 1. The van der Waals surface area contributed by atoms with Crippen LogP contribution >= 0.6 is 39.5 Å². The van der Waals surface area contributed by atoms with Crippen molar-refractivity contribution in [1.29, 1.82) is 0 Å². The third-order valence-electron chi connectivity index (χ3n) is 3.11. The molecule has 0 radical (unpaired) electrons. The lowest BCUT2D eigenvalue weighted by atomic mass is 10.3. The Kier molecular flexibility index (Phi) is 3.81. The van der Waals surface area contributed by atoms with Crippen LogP contribution < -0.4 is 0 Å². The molecule has 0 bridgehead atoms. The Labute approximate surface area is 139 Å². The van der Waals surface area contributed by atoms with Crippen LogP contribution in [-0.2, 0) is 16.4 Å². The van der Waals surface area contributed by atoms with Crippen LogP contribution in [0.2, 0.25) is 0 Å². The standard InChI is InChI=1S/C13H11BrN2O2S3/c1-21(17,18)10-4-2-3-9-12(10)15-13(19)16(9)7-8-5-6-11(14)20-8/h2-6H,7H2,1H3,(H,15,19). The highest BCUT2D eigenvalue weighted by atomic mass is 79.9. The van der Waals surface area contributed by atoms with Gasteiger partial charge >= 0.3 is 0 Å². The molecular formula is C13H11BrN2O2S3. The Hall–Kier alpha value is -0.960. The van der Waals surface area contributed by atoms with E-state index in [-0.39, 0.29) is 4.90 Å². The fourth-order valence-corrected chi connectivity index (χ4v) is 4.80.